The Labute approximate surface area is 187 Å². The SMILES string of the molecule is CC1CN(CCC(=O)N2CCC(C)(O)CC2)CCN1C(=O)Nc1ccc(Cl)c(Cl)c1. The lowest BCUT2D eigenvalue weighted by Crippen LogP contribution is -2.55. The first-order valence-corrected chi connectivity index (χ1v) is 11.2. The van der Waals surface area contributed by atoms with Crippen LogP contribution in [-0.4, -0.2) is 82.7 Å². The Kier molecular flexibility index (Phi) is 7.50. The summed E-state index contributed by atoms with van der Waals surface area (Å²) in [6.45, 7) is 7.78. The monoisotopic (exact) mass is 456 g/mol. The van der Waals surface area contributed by atoms with Gasteiger partial charge in [0, 0.05) is 57.4 Å². The summed E-state index contributed by atoms with van der Waals surface area (Å²) in [5, 5.41) is 13.7. The van der Waals surface area contributed by atoms with Gasteiger partial charge in [-0.1, -0.05) is 23.2 Å². The summed E-state index contributed by atoms with van der Waals surface area (Å²) < 4.78 is 0. The number of benzene rings is 1. The van der Waals surface area contributed by atoms with E-state index in [-0.39, 0.29) is 18.0 Å². The number of piperazine rings is 1. The Morgan fingerprint density at radius 1 is 1.17 bits per heavy atom. The first kappa shape index (κ1) is 23.1. The number of anilines is 1. The lowest BCUT2D eigenvalue weighted by molar-refractivity contribution is -0.135. The van der Waals surface area contributed by atoms with Gasteiger partial charge in [-0.15, -0.1) is 0 Å². The second kappa shape index (κ2) is 9.73. The van der Waals surface area contributed by atoms with Crippen LogP contribution in [0.1, 0.15) is 33.1 Å². The second-order valence-electron chi connectivity index (χ2n) is 8.53. The molecule has 2 aliphatic heterocycles. The summed E-state index contributed by atoms with van der Waals surface area (Å²) in [7, 11) is 0. The molecule has 2 saturated heterocycles. The fourth-order valence-corrected chi connectivity index (χ4v) is 4.25. The normalized spacial score (nSPS) is 22.1. The number of piperidine rings is 1. The van der Waals surface area contributed by atoms with Crippen LogP contribution in [0.4, 0.5) is 10.5 Å². The van der Waals surface area contributed by atoms with Crippen molar-refractivity contribution >= 4 is 40.8 Å². The molecule has 0 radical (unpaired) electrons. The van der Waals surface area contributed by atoms with Crippen molar-refractivity contribution < 1.29 is 14.7 Å². The summed E-state index contributed by atoms with van der Waals surface area (Å²) >= 11 is 11.9. The van der Waals surface area contributed by atoms with Crippen LogP contribution in [-0.2, 0) is 4.79 Å². The lowest BCUT2D eigenvalue weighted by atomic mass is 9.94. The fraction of sp³-hybridized carbons (Fsp3) is 0.619. The molecule has 1 aromatic rings. The minimum absolute atomic E-state index is 0.0294. The topological polar surface area (TPSA) is 76.1 Å². The number of carbonyl (C=O) groups is 2. The Morgan fingerprint density at radius 3 is 2.50 bits per heavy atom. The number of nitrogens with one attached hydrogen (secondary N) is 1. The summed E-state index contributed by atoms with van der Waals surface area (Å²) in [5.74, 6) is 0.137. The van der Waals surface area contributed by atoms with E-state index in [1.807, 2.05) is 18.7 Å². The molecule has 2 N–H and O–H groups in total. The average molecular weight is 457 g/mol. The Hall–Kier alpha value is -1.54. The van der Waals surface area contributed by atoms with Gasteiger partial charge in [0.25, 0.3) is 0 Å². The highest BCUT2D eigenvalue weighted by Crippen LogP contribution is 2.25. The first-order valence-electron chi connectivity index (χ1n) is 10.4. The number of hydrogen-bond donors (Lipinski definition) is 2. The molecule has 0 aromatic heterocycles. The van der Waals surface area contributed by atoms with Gasteiger partial charge in [0.2, 0.25) is 5.91 Å². The van der Waals surface area contributed by atoms with Gasteiger partial charge in [-0.3, -0.25) is 9.69 Å². The van der Waals surface area contributed by atoms with Gasteiger partial charge in [0.15, 0.2) is 0 Å². The standard InChI is InChI=1S/C21H30Cl2N4O3/c1-15-14-25(8-5-19(28)26-9-6-21(2,30)7-10-26)11-12-27(15)20(29)24-16-3-4-17(22)18(23)13-16/h3-4,13,15,30H,5-12,14H2,1-2H3,(H,24,29). The van der Waals surface area contributed by atoms with Crippen molar-refractivity contribution in [2.24, 2.45) is 0 Å². The van der Waals surface area contributed by atoms with Crippen molar-refractivity contribution in [3.63, 3.8) is 0 Å². The van der Waals surface area contributed by atoms with Crippen molar-refractivity contribution in [3.05, 3.63) is 28.2 Å². The number of hydrogen-bond acceptors (Lipinski definition) is 4. The summed E-state index contributed by atoms with van der Waals surface area (Å²) in [6.07, 6.45) is 1.72. The van der Waals surface area contributed by atoms with Gasteiger partial charge >= 0.3 is 6.03 Å². The molecule has 1 atom stereocenters. The van der Waals surface area contributed by atoms with Crippen LogP contribution in [0.3, 0.4) is 0 Å². The van der Waals surface area contributed by atoms with E-state index in [1.54, 1.807) is 23.1 Å². The Bertz CT molecular complexity index is 780. The smallest absolute Gasteiger partial charge is 0.322 e. The van der Waals surface area contributed by atoms with Crippen molar-refractivity contribution in [2.45, 2.75) is 44.8 Å². The number of rotatable bonds is 4. The average Bonchev–Trinajstić information content (AvgIpc) is 2.69. The van der Waals surface area contributed by atoms with Gasteiger partial charge in [0.05, 0.1) is 15.6 Å². The third kappa shape index (κ3) is 6.00. The van der Waals surface area contributed by atoms with E-state index in [2.05, 4.69) is 10.2 Å². The summed E-state index contributed by atoms with van der Waals surface area (Å²) in [5.41, 5.74) is -0.0457. The molecular weight excluding hydrogens is 427 g/mol. The highest BCUT2D eigenvalue weighted by molar-refractivity contribution is 6.42. The molecule has 7 nitrogen and oxygen atoms in total. The number of nitrogens with zero attached hydrogens (tertiary/aromatic N) is 3. The third-order valence-electron chi connectivity index (χ3n) is 5.98. The minimum Gasteiger partial charge on any atom is -0.390 e. The minimum atomic E-state index is -0.652. The molecule has 1 aromatic carbocycles. The Morgan fingerprint density at radius 2 is 1.87 bits per heavy atom. The zero-order chi connectivity index (χ0) is 21.9. The molecule has 1 unspecified atom stereocenters. The van der Waals surface area contributed by atoms with Gasteiger partial charge in [-0.05, 0) is 44.9 Å². The van der Waals surface area contributed by atoms with E-state index in [0.29, 0.717) is 61.2 Å². The summed E-state index contributed by atoms with van der Waals surface area (Å²) in [4.78, 5) is 31.0. The number of likely N-dealkylation sites (tertiary alicyclic amines) is 1. The maximum absolute atomic E-state index is 12.6. The van der Waals surface area contributed by atoms with E-state index in [1.165, 1.54) is 0 Å². The fourth-order valence-electron chi connectivity index (χ4n) is 3.96. The Balaban J connectivity index is 1.43. The van der Waals surface area contributed by atoms with Crippen molar-refractivity contribution in [1.29, 1.82) is 0 Å². The predicted molar refractivity (Wildman–Crippen MR) is 119 cm³/mol. The number of aliphatic hydroxyl groups is 1. The third-order valence-corrected chi connectivity index (χ3v) is 6.72. The number of urea groups is 1. The number of carbonyl (C=O) groups excluding carboxylic acids is 2. The highest BCUT2D eigenvalue weighted by atomic mass is 35.5. The van der Waals surface area contributed by atoms with Crippen LogP contribution >= 0.6 is 23.2 Å². The zero-order valence-electron chi connectivity index (χ0n) is 17.5. The largest absolute Gasteiger partial charge is 0.390 e. The molecule has 0 bridgehead atoms. The molecule has 166 valence electrons. The van der Waals surface area contributed by atoms with E-state index in [4.69, 9.17) is 23.2 Å². The van der Waals surface area contributed by atoms with Crippen LogP contribution in [0, 0.1) is 0 Å². The maximum Gasteiger partial charge on any atom is 0.322 e. The molecule has 2 heterocycles. The number of halogens is 2. The molecule has 30 heavy (non-hydrogen) atoms. The lowest BCUT2D eigenvalue weighted by Gasteiger charge is -2.40. The van der Waals surface area contributed by atoms with Crippen LogP contribution in [0.5, 0.6) is 0 Å². The molecule has 3 amide bonds. The quantitative estimate of drug-likeness (QED) is 0.728. The van der Waals surface area contributed by atoms with Gasteiger partial charge < -0.3 is 20.2 Å². The van der Waals surface area contributed by atoms with Crippen LogP contribution in [0.2, 0.25) is 10.0 Å². The van der Waals surface area contributed by atoms with Gasteiger partial charge in [-0.2, -0.15) is 0 Å². The number of amides is 3. The van der Waals surface area contributed by atoms with Gasteiger partial charge in [0.1, 0.15) is 0 Å². The van der Waals surface area contributed by atoms with E-state index < -0.39 is 5.60 Å². The first-order chi connectivity index (χ1) is 14.1. The second-order valence-corrected chi connectivity index (χ2v) is 9.34. The van der Waals surface area contributed by atoms with E-state index in [0.717, 1.165) is 13.1 Å². The van der Waals surface area contributed by atoms with Crippen LogP contribution < -0.4 is 5.32 Å². The molecule has 0 saturated carbocycles. The van der Waals surface area contributed by atoms with E-state index >= 15 is 0 Å². The summed E-state index contributed by atoms with van der Waals surface area (Å²) in [6, 6.07) is 4.87. The van der Waals surface area contributed by atoms with Gasteiger partial charge in [-0.25, -0.2) is 4.79 Å². The molecule has 2 aliphatic rings. The molecule has 3 rings (SSSR count). The predicted octanol–water partition coefficient (Wildman–Crippen LogP) is 3.29. The maximum atomic E-state index is 12.6. The zero-order valence-corrected chi connectivity index (χ0v) is 19.0. The van der Waals surface area contributed by atoms with Crippen molar-refractivity contribution in [2.75, 3.05) is 44.6 Å². The molecular formula is C21H30Cl2N4O3. The van der Waals surface area contributed by atoms with Crippen LogP contribution in [0.25, 0.3) is 0 Å². The molecule has 2 fully saturated rings. The van der Waals surface area contributed by atoms with Crippen molar-refractivity contribution in [1.82, 2.24) is 14.7 Å². The van der Waals surface area contributed by atoms with Crippen molar-refractivity contribution in [3.8, 4) is 0 Å². The van der Waals surface area contributed by atoms with E-state index in [9.17, 15) is 14.7 Å². The molecule has 9 heteroatoms. The molecule has 0 aliphatic carbocycles. The van der Waals surface area contributed by atoms with Crippen LogP contribution in [0.15, 0.2) is 18.2 Å². The molecule has 0 spiro atoms. The highest BCUT2D eigenvalue weighted by Gasteiger charge is 2.31.